The van der Waals surface area contributed by atoms with Crippen LogP contribution in [0.5, 0.6) is 0 Å². The highest BCUT2D eigenvalue weighted by molar-refractivity contribution is 15.0. The molecule has 0 aromatic rings. The highest BCUT2D eigenvalue weighted by Crippen LogP contribution is 1.89. The van der Waals surface area contributed by atoms with Crippen LogP contribution in [0.15, 0.2) is 0 Å². The second-order valence-electron chi connectivity index (χ2n) is 0.707. The molecule has 0 aliphatic rings. The lowest BCUT2D eigenvalue weighted by molar-refractivity contribution is 0.864. The lowest BCUT2D eigenvalue weighted by atomic mass is 10.8. The summed E-state index contributed by atoms with van der Waals surface area (Å²) in [4.78, 5) is 0. The molecule has 0 amide bonds. The van der Waals surface area contributed by atoms with Gasteiger partial charge in [0.15, 0.2) is 0 Å². The van der Waals surface area contributed by atoms with Crippen LogP contribution in [0.2, 0.25) is 0 Å². The van der Waals surface area contributed by atoms with E-state index in [-0.39, 0.29) is 0 Å². The summed E-state index contributed by atoms with van der Waals surface area (Å²) in [6.07, 6.45) is 0. The van der Waals surface area contributed by atoms with E-state index in [1.807, 2.05) is 7.05 Å². The van der Waals surface area contributed by atoms with Crippen molar-refractivity contribution in [2.75, 3.05) is 13.6 Å². The minimum absolute atomic E-state index is 1.07. The van der Waals surface area contributed by atoms with Crippen molar-refractivity contribution in [1.29, 1.82) is 0 Å². The van der Waals surface area contributed by atoms with Crippen molar-refractivity contribution in [2.24, 2.45) is 0 Å². The van der Waals surface area contributed by atoms with Crippen LogP contribution in [0.3, 0.4) is 0 Å². The van der Waals surface area contributed by atoms with Gasteiger partial charge in [0.25, 0.3) is 0 Å². The van der Waals surface area contributed by atoms with Gasteiger partial charge in [0.05, 0.1) is 0 Å². The minimum atomic E-state index is 1.07. The van der Waals surface area contributed by atoms with Crippen molar-refractivity contribution < 1.29 is 0 Å². The first-order valence-electron chi connectivity index (χ1n) is 1.70. The normalized spacial score (nSPS) is 6.00. The lowest BCUT2D eigenvalue weighted by Gasteiger charge is -1.76. The van der Waals surface area contributed by atoms with Crippen molar-refractivity contribution in [1.82, 2.24) is 5.32 Å². The Morgan fingerprint density at radius 2 is 1.67 bits per heavy atom. The molecule has 0 atom stereocenters. The van der Waals surface area contributed by atoms with E-state index in [0.29, 0.717) is 0 Å². The van der Waals surface area contributed by atoms with Gasteiger partial charge in [-0.05, 0) is 13.6 Å². The van der Waals surface area contributed by atoms with Crippen molar-refractivity contribution >= 4 is 37.2 Å². The molecule has 0 spiro atoms. The summed E-state index contributed by atoms with van der Waals surface area (Å²) in [5.74, 6) is 0. The van der Waals surface area contributed by atoms with Gasteiger partial charge in [-0.25, -0.2) is 0 Å². The molecule has 6 heavy (non-hydrogen) atoms. The van der Waals surface area contributed by atoms with E-state index < -0.39 is 0 Å². The number of rotatable bonds is 1. The second-order valence-corrected chi connectivity index (χ2v) is 0.707. The van der Waals surface area contributed by atoms with Crippen molar-refractivity contribution in [3.05, 3.63) is 0 Å². The van der Waals surface area contributed by atoms with E-state index in [0.717, 1.165) is 6.54 Å². The van der Waals surface area contributed by atoms with Gasteiger partial charge in [0.2, 0.25) is 0 Å². The predicted octanol–water partition coefficient (Wildman–Crippen LogP) is 2.00. The Hall–Kier alpha value is 1.42. The SMILES string of the molecule is CCNC.II. The van der Waals surface area contributed by atoms with Gasteiger partial charge in [0, 0.05) is 37.2 Å². The predicted molar refractivity (Wildman–Crippen MR) is 47.6 cm³/mol. The van der Waals surface area contributed by atoms with E-state index in [1.54, 1.807) is 0 Å². The fourth-order valence-electron chi connectivity index (χ4n) is 0. The molecule has 0 rings (SSSR count). The third-order valence-corrected chi connectivity index (χ3v) is 0.354. The zero-order valence-electron chi connectivity index (χ0n) is 3.96. The van der Waals surface area contributed by atoms with Crippen LogP contribution >= 0.6 is 37.2 Å². The molecule has 0 saturated heterocycles. The van der Waals surface area contributed by atoms with Crippen LogP contribution < -0.4 is 5.32 Å². The van der Waals surface area contributed by atoms with Gasteiger partial charge in [-0.3, -0.25) is 0 Å². The molecule has 1 nitrogen and oxygen atoms in total. The largest absolute Gasteiger partial charge is 0.320 e. The quantitative estimate of drug-likeness (QED) is 0.730. The maximum absolute atomic E-state index is 2.93. The van der Waals surface area contributed by atoms with Crippen molar-refractivity contribution in [2.45, 2.75) is 6.92 Å². The Morgan fingerprint density at radius 3 is 1.67 bits per heavy atom. The lowest BCUT2D eigenvalue weighted by Crippen LogP contribution is -2.01. The van der Waals surface area contributed by atoms with Gasteiger partial charge in [-0.2, -0.15) is 0 Å². The molecule has 0 fully saturated rings. The summed E-state index contributed by atoms with van der Waals surface area (Å²) in [7, 11) is 1.93. The molecule has 40 valence electrons. The van der Waals surface area contributed by atoms with Gasteiger partial charge in [0.1, 0.15) is 0 Å². The Bertz CT molecular complexity index is 10.8. The van der Waals surface area contributed by atoms with E-state index in [1.165, 1.54) is 0 Å². The molecule has 0 radical (unpaired) electrons. The van der Waals surface area contributed by atoms with E-state index in [2.05, 4.69) is 49.5 Å². The Kier molecular flexibility index (Phi) is 28.0. The van der Waals surface area contributed by atoms with Gasteiger partial charge in [-0.15, -0.1) is 0 Å². The summed E-state index contributed by atoms with van der Waals surface area (Å²) in [5.41, 5.74) is 0. The Balaban J connectivity index is 0. The van der Waals surface area contributed by atoms with Gasteiger partial charge in [-0.1, -0.05) is 6.92 Å². The van der Waals surface area contributed by atoms with E-state index >= 15 is 0 Å². The molecule has 0 unspecified atom stereocenters. The van der Waals surface area contributed by atoms with E-state index in [9.17, 15) is 0 Å². The first kappa shape index (κ1) is 10.4. The molecule has 0 saturated carbocycles. The zero-order valence-corrected chi connectivity index (χ0v) is 8.28. The van der Waals surface area contributed by atoms with Crippen molar-refractivity contribution in [3.63, 3.8) is 0 Å². The van der Waals surface area contributed by atoms with Crippen LogP contribution in [-0.4, -0.2) is 13.6 Å². The summed E-state index contributed by atoms with van der Waals surface area (Å²) < 4.78 is 0. The van der Waals surface area contributed by atoms with E-state index in [4.69, 9.17) is 0 Å². The maximum atomic E-state index is 2.93. The summed E-state index contributed by atoms with van der Waals surface area (Å²) in [6.45, 7) is 3.14. The average molecular weight is 313 g/mol. The topological polar surface area (TPSA) is 12.0 Å². The van der Waals surface area contributed by atoms with Crippen LogP contribution in [0.1, 0.15) is 6.92 Å². The summed E-state index contributed by atoms with van der Waals surface area (Å²) >= 11 is 4.24. The van der Waals surface area contributed by atoms with Crippen LogP contribution in [0.4, 0.5) is 0 Å². The Labute approximate surface area is 62.6 Å². The smallest absolute Gasteiger partial charge is 0 e. The summed E-state index contributed by atoms with van der Waals surface area (Å²) in [5, 5.41) is 2.93. The molecule has 0 bridgehead atoms. The number of hydrogen-bond donors (Lipinski definition) is 1. The molecular formula is C3H9I2N. The van der Waals surface area contributed by atoms with Crippen molar-refractivity contribution in [3.8, 4) is 0 Å². The first-order valence-corrected chi connectivity index (χ1v) is 7.99. The molecule has 1 N–H and O–H groups in total. The molecule has 0 aromatic carbocycles. The fourth-order valence-corrected chi connectivity index (χ4v) is 0. The maximum Gasteiger partial charge on any atom is 0 e. The van der Waals surface area contributed by atoms with Crippen LogP contribution in [-0.2, 0) is 0 Å². The van der Waals surface area contributed by atoms with Crippen LogP contribution in [0.25, 0.3) is 0 Å². The van der Waals surface area contributed by atoms with Gasteiger partial charge < -0.3 is 5.32 Å². The first-order chi connectivity index (χ1) is 2.91. The fraction of sp³-hybridized carbons (Fsp3) is 1.00. The molecular weight excluding hydrogens is 304 g/mol. The number of nitrogens with one attached hydrogen (secondary N) is 1. The third-order valence-electron chi connectivity index (χ3n) is 0.354. The molecule has 0 heterocycles. The highest BCUT2D eigenvalue weighted by Gasteiger charge is 1.50. The minimum Gasteiger partial charge on any atom is -0.320 e. The van der Waals surface area contributed by atoms with Gasteiger partial charge >= 0.3 is 0 Å². The average Bonchev–Trinajstić information content (AvgIpc) is 1.72. The second kappa shape index (κ2) is 16.1. The molecule has 3 heteroatoms. The standard InChI is InChI=1S/C3H9N.I2/c1-3-4-2;1-2/h4H,3H2,1-2H3;. The number of hydrogen-bond acceptors (Lipinski definition) is 1. The monoisotopic (exact) mass is 313 g/mol. The Morgan fingerprint density at radius 1 is 1.50 bits per heavy atom. The van der Waals surface area contributed by atoms with Crippen LogP contribution in [0, 0.1) is 0 Å². The molecule has 0 aliphatic heterocycles. The molecule has 0 aromatic heterocycles. The summed E-state index contributed by atoms with van der Waals surface area (Å²) in [6, 6.07) is 0. The third kappa shape index (κ3) is 18.1. The molecule has 0 aliphatic carbocycles. The zero-order chi connectivity index (χ0) is 5.41. The number of halogens is 2. The highest BCUT2D eigenvalue weighted by atomic mass is 128.